The molecule has 0 saturated carbocycles. The summed E-state index contributed by atoms with van der Waals surface area (Å²) in [5, 5.41) is 7.60. The zero-order valence-corrected chi connectivity index (χ0v) is 8.36. The molecule has 0 bridgehead atoms. The van der Waals surface area contributed by atoms with Crippen LogP contribution in [0, 0.1) is 0 Å². The molecule has 0 radical (unpaired) electrons. The van der Waals surface area contributed by atoms with Gasteiger partial charge in [0.25, 0.3) is 0 Å². The van der Waals surface area contributed by atoms with Gasteiger partial charge in [-0.25, -0.2) is 9.59 Å². The quantitative estimate of drug-likeness (QED) is 0.417. The molecule has 0 heterocycles. The first-order valence-corrected chi connectivity index (χ1v) is 4.23. The largest absolute Gasteiger partial charge is 0.478 e. The summed E-state index contributed by atoms with van der Waals surface area (Å²) in [6.45, 7) is 8.78. The summed E-state index contributed by atoms with van der Waals surface area (Å²) in [7, 11) is 0. The van der Waals surface area contributed by atoms with Crippen molar-refractivity contribution < 1.29 is 19.4 Å². The molecule has 0 aromatic rings. The van der Waals surface area contributed by atoms with Crippen molar-refractivity contribution in [3.63, 3.8) is 0 Å². The molecule has 4 nitrogen and oxygen atoms in total. The van der Waals surface area contributed by atoms with Crippen molar-refractivity contribution >= 4 is 11.9 Å². The van der Waals surface area contributed by atoms with Crippen LogP contribution in [0.25, 0.3) is 0 Å². The van der Waals surface area contributed by atoms with Gasteiger partial charge in [-0.2, -0.15) is 0 Å². The zero-order valence-electron chi connectivity index (χ0n) is 8.36. The maximum Gasteiger partial charge on any atom is 0.330 e. The Labute approximate surface area is 83.9 Å². The van der Waals surface area contributed by atoms with Crippen LogP contribution in [0.5, 0.6) is 0 Å². The van der Waals surface area contributed by atoms with Crippen molar-refractivity contribution in [2.24, 2.45) is 0 Å². The van der Waals surface area contributed by atoms with Crippen LogP contribution in [0.4, 0.5) is 0 Å². The van der Waals surface area contributed by atoms with E-state index in [2.05, 4.69) is 17.9 Å². The van der Waals surface area contributed by atoms with Crippen molar-refractivity contribution in [1.29, 1.82) is 0 Å². The topological polar surface area (TPSA) is 63.6 Å². The second-order valence-corrected chi connectivity index (χ2v) is 2.27. The minimum absolute atomic E-state index is 0.330. The summed E-state index contributed by atoms with van der Waals surface area (Å²) in [5.41, 5.74) is 0. The molecule has 0 aliphatic carbocycles. The molecule has 0 rings (SSSR count). The standard InChI is InChI=1S/C7H12O2.C3H4O2/c1-3-5-6-9-7(8)4-2;1-2-3(4)5/h4H,2-3,5-6H2,1H3;2H,1H2,(H,4,5). The Balaban J connectivity index is 0. The van der Waals surface area contributed by atoms with Gasteiger partial charge in [0.2, 0.25) is 0 Å². The number of unbranched alkanes of at least 4 members (excludes halogenated alkanes) is 1. The van der Waals surface area contributed by atoms with E-state index in [-0.39, 0.29) is 5.97 Å². The van der Waals surface area contributed by atoms with E-state index < -0.39 is 5.97 Å². The second kappa shape index (κ2) is 11.4. The fourth-order valence-electron chi connectivity index (χ4n) is 0.376. The Kier molecular flexibility index (Phi) is 12.2. The molecule has 0 unspecified atom stereocenters. The minimum Gasteiger partial charge on any atom is -0.478 e. The van der Waals surface area contributed by atoms with Crippen LogP contribution in [0.2, 0.25) is 0 Å². The molecule has 0 aliphatic rings. The van der Waals surface area contributed by atoms with E-state index in [1.165, 1.54) is 6.08 Å². The van der Waals surface area contributed by atoms with E-state index in [0.29, 0.717) is 6.61 Å². The third-order valence-electron chi connectivity index (χ3n) is 1.08. The molecule has 0 fully saturated rings. The third-order valence-corrected chi connectivity index (χ3v) is 1.08. The molecular weight excluding hydrogens is 184 g/mol. The summed E-state index contributed by atoms with van der Waals surface area (Å²) in [6.07, 6.45) is 3.99. The second-order valence-electron chi connectivity index (χ2n) is 2.27. The van der Waals surface area contributed by atoms with Crippen LogP contribution in [-0.2, 0) is 14.3 Å². The highest BCUT2D eigenvalue weighted by molar-refractivity contribution is 5.81. The average molecular weight is 200 g/mol. The molecule has 0 amide bonds. The molecule has 0 spiro atoms. The third kappa shape index (κ3) is 16.8. The van der Waals surface area contributed by atoms with Gasteiger partial charge in [-0.3, -0.25) is 0 Å². The van der Waals surface area contributed by atoms with E-state index in [9.17, 15) is 9.59 Å². The van der Waals surface area contributed by atoms with Gasteiger partial charge in [0.1, 0.15) is 0 Å². The Bertz CT molecular complexity index is 196. The number of ether oxygens (including phenoxy) is 1. The lowest BCUT2D eigenvalue weighted by Crippen LogP contribution is -2.00. The van der Waals surface area contributed by atoms with Crippen LogP contribution in [0.1, 0.15) is 19.8 Å². The van der Waals surface area contributed by atoms with Crippen molar-refractivity contribution in [3.05, 3.63) is 25.3 Å². The molecular formula is C10H16O4. The number of carboxylic acid groups (broad SMARTS) is 1. The maximum absolute atomic E-state index is 10.3. The van der Waals surface area contributed by atoms with Crippen LogP contribution in [-0.4, -0.2) is 23.7 Å². The number of esters is 1. The summed E-state index contributed by atoms with van der Waals surface area (Å²) in [4.78, 5) is 19.6. The lowest BCUT2D eigenvalue weighted by molar-refractivity contribution is -0.137. The lowest BCUT2D eigenvalue weighted by atomic mass is 10.4. The van der Waals surface area contributed by atoms with E-state index >= 15 is 0 Å². The maximum atomic E-state index is 10.3. The van der Waals surface area contributed by atoms with Crippen molar-refractivity contribution in [2.45, 2.75) is 19.8 Å². The fourth-order valence-corrected chi connectivity index (χ4v) is 0.376. The molecule has 80 valence electrons. The molecule has 0 aromatic carbocycles. The van der Waals surface area contributed by atoms with Gasteiger partial charge in [0.15, 0.2) is 0 Å². The van der Waals surface area contributed by atoms with Crippen molar-refractivity contribution in [1.82, 2.24) is 0 Å². The Morgan fingerprint density at radius 1 is 1.36 bits per heavy atom. The van der Waals surface area contributed by atoms with E-state index in [1.807, 2.05) is 6.92 Å². The zero-order chi connectivity index (χ0) is 11.4. The summed E-state index contributed by atoms with van der Waals surface area (Å²) >= 11 is 0. The molecule has 4 heteroatoms. The average Bonchev–Trinajstić information content (AvgIpc) is 2.19. The summed E-state index contributed by atoms with van der Waals surface area (Å²) in [5.74, 6) is -1.31. The lowest BCUT2D eigenvalue weighted by Gasteiger charge is -1.97. The molecule has 0 atom stereocenters. The van der Waals surface area contributed by atoms with E-state index in [4.69, 9.17) is 5.11 Å². The van der Waals surface area contributed by atoms with Gasteiger partial charge in [-0.1, -0.05) is 26.5 Å². The van der Waals surface area contributed by atoms with Gasteiger partial charge in [0, 0.05) is 12.2 Å². The highest BCUT2D eigenvalue weighted by atomic mass is 16.5. The molecule has 14 heavy (non-hydrogen) atoms. The van der Waals surface area contributed by atoms with Crippen molar-refractivity contribution in [2.75, 3.05) is 6.61 Å². The van der Waals surface area contributed by atoms with Crippen LogP contribution in [0.15, 0.2) is 25.3 Å². The van der Waals surface area contributed by atoms with Crippen molar-refractivity contribution in [3.8, 4) is 0 Å². The number of hydrogen-bond donors (Lipinski definition) is 1. The number of rotatable bonds is 5. The molecule has 0 saturated heterocycles. The Morgan fingerprint density at radius 3 is 2.14 bits per heavy atom. The van der Waals surface area contributed by atoms with Gasteiger partial charge >= 0.3 is 11.9 Å². The number of aliphatic carboxylic acids is 1. The van der Waals surface area contributed by atoms with Gasteiger partial charge in [0.05, 0.1) is 6.61 Å². The summed E-state index contributed by atoms with van der Waals surface area (Å²) in [6, 6.07) is 0. The highest BCUT2D eigenvalue weighted by Gasteiger charge is 1.91. The van der Waals surface area contributed by atoms with Gasteiger partial charge < -0.3 is 9.84 Å². The molecule has 0 aliphatic heterocycles. The Hall–Kier alpha value is -1.58. The number of carbonyl (C=O) groups is 2. The van der Waals surface area contributed by atoms with Crippen LogP contribution < -0.4 is 0 Å². The normalized spacial score (nSPS) is 7.79. The van der Waals surface area contributed by atoms with Gasteiger partial charge in [-0.15, -0.1) is 0 Å². The molecule has 1 N–H and O–H groups in total. The smallest absolute Gasteiger partial charge is 0.330 e. The SMILES string of the molecule is C=CC(=O)O.C=CC(=O)OCCCC. The van der Waals surface area contributed by atoms with Crippen LogP contribution >= 0.6 is 0 Å². The van der Waals surface area contributed by atoms with E-state index in [0.717, 1.165) is 18.9 Å². The first kappa shape index (κ1) is 14.9. The first-order chi connectivity index (χ1) is 6.58. The van der Waals surface area contributed by atoms with Gasteiger partial charge in [-0.05, 0) is 6.42 Å². The molecule has 0 aromatic heterocycles. The minimum atomic E-state index is -0.981. The summed E-state index contributed by atoms with van der Waals surface area (Å²) < 4.78 is 4.67. The predicted molar refractivity (Wildman–Crippen MR) is 53.9 cm³/mol. The number of hydrogen-bond acceptors (Lipinski definition) is 3. The highest BCUT2D eigenvalue weighted by Crippen LogP contribution is 1.88. The number of carbonyl (C=O) groups excluding carboxylic acids is 1. The van der Waals surface area contributed by atoms with Crippen LogP contribution in [0.3, 0.4) is 0 Å². The Morgan fingerprint density at radius 2 is 1.86 bits per heavy atom. The monoisotopic (exact) mass is 200 g/mol. The fraction of sp³-hybridized carbons (Fsp3) is 0.400. The predicted octanol–water partition coefficient (Wildman–Crippen LogP) is 1.77. The first-order valence-electron chi connectivity index (χ1n) is 4.23. The number of carboxylic acids is 1. The van der Waals surface area contributed by atoms with E-state index in [1.54, 1.807) is 0 Å².